The Hall–Kier alpha value is -9.54. The average molecular weight is 1290 g/mol. The number of rotatable bonds is 42. The molecule has 502 valence electrons. The zero-order valence-electron chi connectivity index (χ0n) is 54.3. The summed E-state index contributed by atoms with van der Waals surface area (Å²) < 4.78 is 56.1. The minimum atomic E-state index is -2.36. The lowest BCUT2D eigenvalue weighted by Gasteiger charge is -2.30. The van der Waals surface area contributed by atoms with E-state index in [1.807, 2.05) is 64.3 Å². The fourth-order valence-electron chi connectivity index (χ4n) is 10.0. The predicted octanol–water partition coefficient (Wildman–Crippen LogP) is 8.23. The second kappa shape index (κ2) is 38.9. The van der Waals surface area contributed by atoms with E-state index in [2.05, 4.69) is 42.2 Å². The van der Waals surface area contributed by atoms with E-state index in [0.717, 1.165) is 24.0 Å². The molecule has 8 atom stereocenters. The van der Waals surface area contributed by atoms with Crippen molar-refractivity contribution in [1.82, 2.24) is 20.4 Å². The first-order valence-corrected chi connectivity index (χ1v) is 30.0. The molecule has 0 aliphatic carbocycles. The van der Waals surface area contributed by atoms with Crippen molar-refractivity contribution in [2.45, 2.75) is 129 Å². The summed E-state index contributed by atoms with van der Waals surface area (Å²) in [5, 5.41) is 44.8. The molecule has 0 radical (unpaired) electrons. The van der Waals surface area contributed by atoms with E-state index in [1.165, 1.54) is 40.2 Å². The summed E-state index contributed by atoms with van der Waals surface area (Å²) in [7, 11) is 12.7. The van der Waals surface area contributed by atoms with E-state index in [0.29, 0.717) is 98.6 Å². The molecule has 0 spiro atoms. The summed E-state index contributed by atoms with van der Waals surface area (Å²) in [4.78, 5) is 91.3. The van der Waals surface area contributed by atoms with Gasteiger partial charge in [-0.05, 0) is 150 Å². The number of amides is 2. The van der Waals surface area contributed by atoms with Crippen LogP contribution in [-0.4, -0.2) is 151 Å². The lowest BCUT2D eigenvalue weighted by Crippen LogP contribution is -2.47. The van der Waals surface area contributed by atoms with Crippen LogP contribution in [-0.2, 0) is 51.2 Å². The number of nitriles is 2. The summed E-state index contributed by atoms with van der Waals surface area (Å²) in [6, 6.07) is 25.0. The number of carbonyl (C=O) groups excluding carboxylic acids is 4. The fourth-order valence-corrected chi connectivity index (χ4v) is 10.0. The largest absolute Gasteiger partial charge is 0.493 e. The maximum Gasteiger partial charge on any atom is 0.421 e. The van der Waals surface area contributed by atoms with Gasteiger partial charge in [0, 0.05) is 50.1 Å². The van der Waals surface area contributed by atoms with Crippen LogP contribution in [0.25, 0.3) is 0 Å². The van der Waals surface area contributed by atoms with Crippen LogP contribution >= 0.6 is 0 Å². The molecule has 0 aliphatic heterocycles. The molecular formula is C64H86N8O20. The molecule has 0 heterocycles. The van der Waals surface area contributed by atoms with Crippen molar-refractivity contribution in [1.29, 1.82) is 10.5 Å². The van der Waals surface area contributed by atoms with E-state index in [1.54, 1.807) is 52.7 Å². The van der Waals surface area contributed by atoms with Gasteiger partial charge in [-0.25, -0.2) is 9.59 Å². The van der Waals surface area contributed by atoms with E-state index in [9.17, 15) is 49.9 Å². The third kappa shape index (κ3) is 23.7. The van der Waals surface area contributed by atoms with Crippen LogP contribution in [0.3, 0.4) is 0 Å². The van der Waals surface area contributed by atoms with E-state index < -0.39 is 71.8 Å². The Morgan fingerprint density at radius 2 is 0.837 bits per heavy atom. The lowest BCUT2D eigenvalue weighted by atomic mass is 9.92. The first-order chi connectivity index (χ1) is 44.1. The fraction of sp³-hybridized carbons (Fsp3) is 0.531. The first-order valence-electron chi connectivity index (χ1n) is 30.0. The number of esters is 2. The number of methoxy groups -OCH3 is 6. The van der Waals surface area contributed by atoms with E-state index >= 15 is 0 Å². The maximum absolute atomic E-state index is 13.9. The summed E-state index contributed by atoms with van der Waals surface area (Å²) >= 11 is 0. The third-order valence-electron chi connectivity index (χ3n) is 15.0. The number of likely N-dealkylation sites (N-methyl/N-ethyl adjacent to an activating group) is 2. The van der Waals surface area contributed by atoms with Crippen molar-refractivity contribution in [3.05, 3.63) is 115 Å². The molecule has 28 nitrogen and oxygen atoms in total. The zero-order chi connectivity index (χ0) is 67.9. The molecule has 4 aromatic carbocycles. The van der Waals surface area contributed by atoms with Gasteiger partial charge in [-0.15, -0.1) is 20.2 Å². The quantitative estimate of drug-likeness (QED) is 0.0139. The lowest BCUT2D eigenvalue weighted by molar-refractivity contribution is -0.767. The minimum absolute atomic E-state index is 0.0310. The highest BCUT2D eigenvalue weighted by atomic mass is 17.0. The molecule has 2 amide bonds. The molecule has 28 heteroatoms. The second-order valence-corrected chi connectivity index (χ2v) is 21.6. The van der Waals surface area contributed by atoms with Gasteiger partial charge in [-0.1, -0.05) is 51.0 Å². The van der Waals surface area contributed by atoms with Crippen molar-refractivity contribution in [3.8, 4) is 58.1 Å². The molecule has 0 bridgehead atoms. The van der Waals surface area contributed by atoms with Gasteiger partial charge in [-0.2, -0.15) is 10.5 Å². The Morgan fingerprint density at radius 3 is 1.15 bits per heavy atom. The maximum atomic E-state index is 13.9. The Balaban J connectivity index is 1.70. The molecule has 4 aromatic rings. The van der Waals surface area contributed by atoms with E-state index in [-0.39, 0.29) is 46.9 Å². The number of hydrogen-bond acceptors (Lipinski definition) is 24. The molecule has 4 rings (SSSR count). The number of ether oxygens (including phenoxy) is 10. The van der Waals surface area contributed by atoms with Gasteiger partial charge in [-0.3, -0.25) is 19.4 Å². The van der Waals surface area contributed by atoms with Crippen LogP contribution in [0.2, 0.25) is 0 Å². The number of nitrogens with one attached hydrogen (secondary N) is 2. The predicted molar refractivity (Wildman–Crippen MR) is 332 cm³/mol. The van der Waals surface area contributed by atoms with Crippen molar-refractivity contribution >= 4 is 23.8 Å². The average Bonchev–Trinajstić information content (AvgIpc) is 1.15. The van der Waals surface area contributed by atoms with Crippen LogP contribution in [0.4, 0.5) is 0 Å². The summed E-state index contributed by atoms with van der Waals surface area (Å²) in [5.41, 5.74) is 3.38. The number of hydrogen-bond donors (Lipinski definition) is 2. The van der Waals surface area contributed by atoms with Gasteiger partial charge in [0.05, 0.1) is 54.8 Å². The summed E-state index contributed by atoms with van der Waals surface area (Å²) in [6.45, 7) is 6.60. The topological polar surface area (TPSA) is 343 Å². The molecule has 0 fully saturated rings. The van der Waals surface area contributed by atoms with Gasteiger partial charge in [0.25, 0.3) is 10.2 Å². The van der Waals surface area contributed by atoms with Crippen LogP contribution in [0, 0.1) is 54.7 Å². The second-order valence-electron chi connectivity index (χ2n) is 21.6. The summed E-state index contributed by atoms with van der Waals surface area (Å²) in [5.74, 6) is -4.73. The van der Waals surface area contributed by atoms with Crippen molar-refractivity contribution in [2.24, 2.45) is 11.8 Å². The highest BCUT2D eigenvalue weighted by Gasteiger charge is 2.36. The number of nitrogens with zero attached hydrogens (tertiary/aromatic N) is 6. The van der Waals surface area contributed by atoms with Gasteiger partial charge in [0.2, 0.25) is 0 Å². The van der Waals surface area contributed by atoms with Gasteiger partial charge >= 0.3 is 36.3 Å². The molecule has 0 saturated heterocycles. The highest BCUT2D eigenvalue weighted by Crippen LogP contribution is 2.38. The number of carbonyl (C=O) groups is 4. The zero-order valence-corrected chi connectivity index (χ0v) is 54.3. The van der Waals surface area contributed by atoms with Crippen molar-refractivity contribution in [3.63, 3.8) is 0 Å². The highest BCUT2D eigenvalue weighted by molar-refractivity contribution is 6.30. The molecule has 0 saturated carbocycles. The van der Waals surface area contributed by atoms with Gasteiger partial charge in [0.15, 0.2) is 46.0 Å². The van der Waals surface area contributed by atoms with Crippen molar-refractivity contribution < 1.29 is 86.4 Å². The Morgan fingerprint density at radius 1 is 0.500 bits per heavy atom. The van der Waals surface area contributed by atoms with Crippen LogP contribution in [0.5, 0.6) is 46.0 Å². The van der Waals surface area contributed by atoms with Crippen LogP contribution in [0.15, 0.2) is 72.8 Å². The first kappa shape index (κ1) is 74.9. The smallest absolute Gasteiger partial charge is 0.421 e. The third-order valence-corrected chi connectivity index (χ3v) is 15.0. The van der Waals surface area contributed by atoms with Crippen LogP contribution < -0.4 is 48.5 Å². The Bertz CT molecular complexity index is 2930. The van der Waals surface area contributed by atoms with Crippen LogP contribution in [0.1, 0.15) is 113 Å². The molecule has 0 aliphatic rings. The molecular weight excluding hydrogens is 1200 g/mol. The Labute approximate surface area is 536 Å². The van der Waals surface area contributed by atoms with Crippen molar-refractivity contribution in [2.75, 3.05) is 82.9 Å². The number of benzene rings is 4. The SMILES string of the molecule is CCCC(C#N)CCC(c1ccc(OC(OC(=O)C(=O)OC(Oc2ccc(C(CCC(C#N)CCC)N(C)CCc3ccc(OC)c(OC)c3)cc2OC)C(=O)NCC(C)O[N+](=O)[O-])C(=O)NCC(C)O[N+](=O)[O-])c(OC)c1)N(C)CCc1ccc(OC)c(OC)c1. The minimum Gasteiger partial charge on any atom is -0.493 e. The van der Waals surface area contributed by atoms with E-state index in [4.69, 9.17) is 47.4 Å². The summed E-state index contributed by atoms with van der Waals surface area (Å²) in [6.07, 6.45) is -0.783. The molecule has 92 heavy (non-hydrogen) atoms. The standard InChI is InChI=1S/C64H86N8O20/c1-13-15-45(37-65)17-23-49(69(5)31-29-43-19-25-51(81-7)55(33-43)83-9)47-21-27-53(57(35-47)85-11)87-63(59(73)67-39-41(3)91-71(77)78)89-61(75)62(76)90-64(60(74)68-40-42(4)92-72(79)80)88-54-28-22-48(36-58(54)86-12)50(24-18-46(38-66)16-14-2)70(6)32-30-44-20-26-52(82-8)56(34-44)84-10/h19-22,25-28,33-36,41-42,45-46,49-50,63-64H,13-18,23-24,29-32,39-40H2,1-12H3,(H,67,73)(H,68,74). The monoisotopic (exact) mass is 1290 g/mol. The molecule has 8 unspecified atom stereocenters. The van der Waals surface area contributed by atoms with Gasteiger partial charge < -0.3 is 67.7 Å². The molecule has 0 aromatic heterocycles. The Kier molecular flexibility index (Phi) is 31.7. The molecule has 2 N–H and O–H groups in total. The normalized spacial score (nSPS) is 13.6. The van der Waals surface area contributed by atoms with Gasteiger partial charge in [0.1, 0.15) is 12.2 Å².